The lowest BCUT2D eigenvalue weighted by atomic mass is 9.95. The Morgan fingerprint density at radius 1 is 1.05 bits per heavy atom. The molecular formula is C18H19NS. The van der Waals surface area contributed by atoms with Gasteiger partial charge in [0.05, 0.1) is 0 Å². The number of rotatable bonds is 4. The lowest BCUT2D eigenvalue weighted by Crippen LogP contribution is -2.19. The number of hydrogen-bond donors (Lipinski definition) is 1. The summed E-state index contributed by atoms with van der Waals surface area (Å²) < 4.78 is 1.40. The third-order valence-corrected chi connectivity index (χ3v) is 4.90. The van der Waals surface area contributed by atoms with Crippen LogP contribution in [-0.4, -0.2) is 7.05 Å². The molecule has 1 N–H and O–H groups in total. The summed E-state index contributed by atoms with van der Waals surface area (Å²) in [6.45, 7) is 2.19. The fourth-order valence-electron chi connectivity index (χ4n) is 2.72. The molecule has 102 valence electrons. The highest BCUT2D eigenvalue weighted by Crippen LogP contribution is 2.30. The van der Waals surface area contributed by atoms with Crippen molar-refractivity contribution in [2.24, 2.45) is 0 Å². The van der Waals surface area contributed by atoms with E-state index < -0.39 is 0 Å². The Balaban J connectivity index is 1.98. The molecule has 1 nitrogen and oxygen atoms in total. The first-order chi connectivity index (χ1) is 9.79. The first-order valence-corrected chi connectivity index (χ1v) is 7.85. The number of fused-ring (bicyclic) bond motifs is 1. The minimum Gasteiger partial charge on any atom is -0.313 e. The number of nitrogens with one attached hydrogen (secondary N) is 1. The van der Waals surface area contributed by atoms with E-state index >= 15 is 0 Å². The molecule has 3 rings (SSSR count). The molecule has 0 saturated carbocycles. The van der Waals surface area contributed by atoms with Gasteiger partial charge >= 0.3 is 0 Å². The Kier molecular flexibility index (Phi) is 3.86. The van der Waals surface area contributed by atoms with E-state index in [-0.39, 0.29) is 0 Å². The molecule has 0 aliphatic carbocycles. The summed E-state index contributed by atoms with van der Waals surface area (Å²) in [5.41, 5.74) is 4.19. The lowest BCUT2D eigenvalue weighted by Gasteiger charge is -2.19. The third kappa shape index (κ3) is 2.49. The van der Waals surface area contributed by atoms with Crippen LogP contribution in [0.5, 0.6) is 0 Å². The molecule has 1 unspecified atom stereocenters. The Bertz CT molecular complexity index is 714. The third-order valence-electron chi connectivity index (χ3n) is 3.92. The van der Waals surface area contributed by atoms with Crippen molar-refractivity contribution in [1.82, 2.24) is 5.32 Å². The van der Waals surface area contributed by atoms with Crippen LogP contribution in [0.25, 0.3) is 10.1 Å². The Morgan fingerprint density at radius 2 is 1.90 bits per heavy atom. The molecule has 20 heavy (non-hydrogen) atoms. The van der Waals surface area contributed by atoms with Crippen molar-refractivity contribution in [3.63, 3.8) is 0 Å². The highest BCUT2D eigenvalue weighted by Gasteiger charge is 2.14. The zero-order valence-electron chi connectivity index (χ0n) is 11.9. The molecule has 0 bridgehead atoms. The van der Waals surface area contributed by atoms with Gasteiger partial charge in [-0.2, -0.15) is 0 Å². The van der Waals surface area contributed by atoms with Gasteiger partial charge in [0.2, 0.25) is 0 Å². The molecule has 0 saturated heterocycles. The fourth-order valence-corrected chi connectivity index (χ4v) is 3.69. The first kappa shape index (κ1) is 13.3. The monoisotopic (exact) mass is 281 g/mol. The van der Waals surface area contributed by atoms with Crippen molar-refractivity contribution < 1.29 is 0 Å². The van der Waals surface area contributed by atoms with Crippen LogP contribution in [0.15, 0.2) is 53.9 Å². The maximum Gasteiger partial charge on any atom is 0.0390 e. The molecular weight excluding hydrogens is 262 g/mol. The lowest BCUT2D eigenvalue weighted by molar-refractivity contribution is 0.595. The van der Waals surface area contributed by atoms with Crippen LogP contribution in [0.4, 0.5) is 0 Å². The maximum atomic E-state index is 3.48. The van der Waals surface area contributed by atoms with Crippen molar-refractivity contribution in [1.29, 1.82) is 0 Å². The summed E-state index contributed by atoms with van der Waals surface area (Å²) in [5, 5.41) is 7.00. The van der Waals surface area contributed by atoms with Crippen LogP contribution in [0.3, 0.4) is 0 Å². The van der Waals surface area contributed by atoms with E-state index in [0.717, 1.165) is 6.42 Å². The van der Waals surface area contributed by atoms with E-state index in [2.05, 4.69) is 73.2 Å². The van der Waals surface area contributed by atoms with Gasteiger partial charge in [0.1, 0.15) is 0 Å². The summed E-state index contributed by atoms with van der Waals surface area (Å²) in [6, 6.07) is 17.8. The van der Waals surface area contributed by atoms with Crippen LogP contribution in [0.1, 0.15) is 22.7 Å². The molecule has 1 aromatic heterocycles. The van der Waals surface area contributed by atoms with E-state index in [1.54, 1.807) is 0 Å². The zero-order chi connectivity index (χ0) is 13.9. The van der Waals surface area contributed by atoms with E-state index in [1.165, 1.54) is 26.8 Å². The summed E-state index contributed by atoms with van der Waals surface area (Å²) in [7, 11) is 2.05. The van der Waals surface area contributed by atoms with Gasteiger partial charge < -0.3 is 5.32 Å². The van der Waals surface area contributed by atoms with Gasteiger partial charge in [0, 0.05) is 10.7 Å². The van der Waals surface area contributed by atoms with Crippen molar-refractivity contribution in [2.75, 3.05) is 7.05 Å². The fraction of sp³-hybridized carbons (Fsp3) is 0.222. The average molecular weight is 281 g/mol. The molecule has 3 aromatic rings. The van der Waals surface area contributed by atoms with Crippen LogP contribution in [0.2, 0.25) is 0 Å². The second-order valence-electron chi connectivity index (χ2n) is 5.16. The standard InChI is InChI=1S/C18H19NS/c1-13-6-3-4-7-15(13)12-17(19-2)16-9-5-8-14-10-11-20-18(14)16/h3-11,17,19H,12H2,1-2H3. The van der Waals surface area contributed by atoms with E-state index in [0.29, 0.717) is 6.04 Å². The molecule has 1 heterocycles. The number of likely N-dealkylation sites (N-methyl/N-ethyl adjacent to an activating group) is 1. The first-order valence-electron chi connectivity index (χ1n) is 6.97. The molecule has 0 aliphatic rings. The molecule has 0 spiro atoms. The molecule has 2 aromatic carbocycles. The summed E-state index contributed by atoms with van der Waals surface area (Å²) >= 11 is 1.83. The van der Waals surface area contributed by atoms with Gasteiger partial charge in [-0.25, -0.2) is 0 Å². The molecule has 0 fully saturated rings. The van der Waals surface area contributed by atoms with Crippen LogP contribution >= 0.6 is 11.3 Å². The van der Waals surface area contributed by atoms with Gasteiger partial charge in [-0.15, -0.1) is 11.3 Å². The summed E-state index contributed by atoms with van der Waals surface area (Å²) in [5.74, 6) is 0. The van der Waals surface area contributed by atoms with Crippen molar-refractivity contribution in [3.8, 4) is 0 Å². The second-order valence-corrected chi connectivity index (χ2v) is 6.07. The summed E-state index contributed by atoms with van der Waals surface area (Å²) in [6.07, 6.45) is 1.03. The second kappa shape index (κ2) is 5.78. The van der Waals surface area contributed by atoms with E-state index in [4.69, 9.17) is 0 Å². The number of thiophene rings is 1. The Morgan fingerprint density at radius 3 is 2.70 bits per heavy atom. The SMILES string of the molecule is CNC(Cc1ccccc1C)c1cccc2ccsc12. The Hall–Kier alpha value is -1.64. The molecule has 0 radical (unpaired) electrons. The minimum absolute atomic E-state index is 0.360. The van der Waals surface area contributed by atoms with E-state index in [1.807, 2.05) is 11.3 Å². The van der Waals surface area contributed by atoms with Gasteiger partial charge in [0.25, 0.3) is 0 Å². The van der Waals surface area contributed by atoms with Gasteiger partial charge in [0.15, 0.2) is 0 Å². The topological polar surface area (TPSA) is 12.0 Å². The highest BCUT2D eigenvalue weighted by molar-refractivity contribution is 7.17. The van der Waals surface area contributed by atoms with Crippen LogP contribution in [-0.2, 0) is 6.42 Å². The number of aryl methyl sites for hydroxylation is 1. The molecule has 0 amide bonds. The van der Waals surface area contributed by atoms with Crippen LogP contribution in [0, 0.1) is 6.92 Å². The zero-order valence-corrected chi connectivity index (χ0v) is 12.7. The van der Waals surface area contributed by atoms with Gasteiger partial charge in [-0.1, -0.05) is 42.5 Å². The van der Waals surface area contributed by atoms with Gasteiger partial charge in [-0.3, -0.25) is 0 Å². The van der Waals surface area contributed by atoms with E-state index in [9.17, 15) is 0 Å². The maximum absolute atomic E-state index is 3.48. The largest absolute Gasteiger partial charge is 0.313 e. The predicted octanol–water partition coefficient (Wildman–Crippen LogP) is 4.71. The van der Waals surface area contributed by atoms with Gasteiger partial charge in [-0.05, 0) is 53.9 Å². The minimum atomic E-state index is 0.360. The highest BCUT2D eigenvalue weighted by atomic mass is 32.1. The normalized spacial score (nSPS) is 12.7. The quantitative estimate of drug-likeness (QED) is 0.730. The number of hydrogen-bond acceptors (Lipinski definition) is 2. The smallest absolute Gasteiger partial charge is 0.0390 e. The van der Waals surface area contributed by atoms with Crippen molar-refractivity contribution in [2.45, 2.75) is 19.4 Å². The Labute approximate surface area is 124 Å². The number of benzene rings is 2. The van der Waals surface area contributed by atoms with Crippen molar-refractivity contribution >= 4 is 21.4 Å². The summed E-state index contributed by atoms with van der Waals surface area (Å²) in [4.78, 5) is 0. The molecule has 2 heteroatoms. The van der Waals surface area contributed by atoms with Crippen LogP contribution < -0.4 is 5.32 Å². The predicted molar refractivity (Wildman–Crippen MR) is 88.5 cm³/mol. The molecule has 1 atom stereocenters. The molecule has 0 aliphatic heterocycles. The van der Waals surface area contributed by atoms with Crippen molar-refractivity contribution in [3.05, 3.63) is 70.6 Å². The average Bonchev–Trinajstić information content (AvgIpc) is 2.95.